The minimum Gasteiger partial charge on any atom is -0.375 e. The van der Waals surface area contributed by atoms with Gasteiger partial charge in [-0.2, -0.15) is 0 Å². The lowest BCUT2D eigenvalue weighted by Crippen LogP contribution is -2.50. The van der Waals surface area contributed by atoms with Gasteiger partial charge in [-0.3, -0.25) is 9.10 Å². The van der Waals surface area contributed by atoms with Gasteiger partial charge in [0.15, 0.2) is 0 Å². The lowest BCUT2D eigenvalue weighted by molar-refractivity contribution is -0.122. The van der Waals surface area contributed by atoms with E-state index in [4.69, 9.17) is 0 Å². The zero-order chi connectivity index (χ0) is 21.4. The van der Waals surface area contributed by atoms with E-state index < -0.39 is 27.8 Å². The number of halogens is 1. The van der Waals surface area contributed by atoms with E-state index >= 15 is 0 Å². The normalized spacial score (nSPS) is 12.3. The summed E-state index contributed by atoms with van der Waals surface area (Å²) in [5.41, 5.74) is 0.953. The van der Waals surface area contributed by atoms with E-state index in [-0.39, 0.29) is 12.1 Å². The van der Waals surface area contributed by atoms with Crippen LogP contribution in [0.15, 0.2) is 54.6 Å². The molecule has 29 heavy (non-hydrogen) atoms. The Morgan fingerprint density at radius 1 is 1.10 bits per heavy atom. The standard InChI is InChI=1S/C21H28FN3O3S/c1-4-19(25(29(3,27)28)20-14-9-8-13-18(20)22)21(26)23-15-10-16-24(2)17-11-6-5-7-12-17/h5-9,11-14,19H,4,10,15-16H2,1-3H3,(H,23,26)/t19-/m0/s1. The Bertz CT molecular complexity index is 906. The first kappa shape index (κ1) is 22.7. The number of nitrogens with zero attached hydrogens (tertiary/aromatic N) is 2. The Labute approximate surface area is 172 Å². The molecule has 1 N–H and O–H groups in total. The zero-order valence-corrected chi connectivity index (χ0v) is 17.8. The number of anilines is 2. The van der Waals surface area contributed by atoms with E-state index in [9.17, 15) is 17.6 Å². The van der Waals surface area contributed by atoms with Crippen LogP contribution in [0.3, 0.4) is 0 Å². The predicted octanol–water partition coefficient (Wildman–Crippen LogP) is 3.01. The van der Waals surface area contributed by atoms with E-state index in [0.717, 1.165) is 22.8 Å². The largest absolute Gasteiger partial charge is 0.375 e. The van der Waals surface area contributed by atoms with Crippen molar-refractivity contribution in [1.82, 2.24) is 5.32 Å². The van der Waals surface area contributed by atoms with E-state index in [1.165, 1.54) is 18.2 Å². The minimum atomic E-state index is -3.85. The van der Waals surface area contributed by atoms with Crippen molar-refractivity contribution >= 4 is 27.3 Å². The van der Waals surface area contributed by atoms with Crippen LogP contribution in [0, 0.1) is 5.82 Å². The molecule has 0 saturated heterocycles. The molecule has 0 spiro atoms. The van der Waals surface area contributed by atoms with Crippen LogP contribution < -0.4 is 14.5 Å². The summed E-state index contributed by atoms with van der Waals surface area (Å²) < 4.78 is 39.8. The highest BCUT2D eigenvalue weighted by Gasteiger charge is 2.32. The van der Waals surface area contributed by atoms with Crippen LogP contribution in [0.1, 0.15) is 19.8 Å². The summed E-state index contributed by atoms with van der Waals surface area (Å²) in [6, 6.07) is 14.4. The number of para-hydroxylation sites is 2. The molecule has 0 aromatic heterocycles. The quantitative estimate of drug-likeness (QED) is 0.599. The molecule has 0 radical (unpaired) electrons. The van der Waals surface area contributed by atoms with Crippen LogP contribution in [0.4, 0.5) is 15.8 Å². The monoisotopic (exact) mass is 421 g/mol. The number of hydrogen-bond acceptors (Lipinski definition) is 4. The lowest BCUT2D eigenvalue weighted by Gasteiger charge is -2.30. The van der Waals surface area contributed by atoms with Crippen molar-refractivity contribution in [2.24, 2.45) is 0 Å². The summed E-state index contributed by atoms with van der Waals surface area (Å²) in [4.78, 5) is 14.8. The number of carbonyl (C=O) groups is 1. The number of hydrogen-bond donors (Lipinski definition) is 1. The maximum absolute atomic E-state index is 14.2. The molecule has 0 saturated carbocycles. The average molecular weight is 422 g/mol. The van der Waals surface area contributed by atoms with Gasteiger partial charge in [0.1, 0.15) is 11.9 Å². The van der Waals surface area contributed by atoms with Crippen LogP contribution in [0.2, 0.25) is 0 Å². The molecule has 0 heterocycles. The molecule has 2 aromatic carbocycles. The minimum absolute atomic E-state index is 0.124. The first-order valence-electron chi connectivity index (χ1n) is 9.53. The van der Waals surface area contributed by atoms with Crippen molar-refractivity contribution in [3.05, 3.63) is 60.4 Å². The van der Waals surface area contributed by atoms with Crippen molar-refractivity contribution in [1.29, 1.82) is 0 Å². The molecule has 1 amide bonds. The van der Waals surface area contributed by atoms with Crippen LogP contribution in [-0.2, 0) is 14.8 Å². The third-order valence-corrected chi connectivity index (χ3v) is 5.75. The fourth-order valence-corrected chi connectivity index (χ4v) is 4.34. The molecule has 0 bridgehead atoms. The summed E-state index contributed by atoms with van der Waals surface area (Å²) in [6.07, 6.45) is 1.88. The molecule has 158 valence electrons. The first-order chi connectivity index (χ1) is 13.8. The van der Waals surface area contributed by atoms with Crippen molar-refractivity contribution in [2.75, 3.05) is 35.6 Å². The zero-order valence-electron chi connectivity index (χ0n) is 17.0. The molecule has 0 aliphatic rings. The molecular weight excluding hydrogens is 393 g/mol. The van der Waals surface area contributed by atoms with Gasteiger partial charge in [0.2, 0.25) is 15.9 Å². The van der Waals surface area contributed by atoms with Crippen LogP contribution >= 0.6 is 0 Å². The summed E-state index contributed by atoms with van der Waals surface area (Å²) in [5.74, 6) is -1.13. The molecule has 0 fully saturated rings. The number of rotatable bonds is 10. The number of benzene rings is 2. The predicted molar refractivity (Wildman–Crippen MR) is 115 cm³/mol. The molecular formula is C21H28FN3O3S. The summed E-state index contributed by atoms with van der Waals surface area (Å²) in [7, 11) is -1.88. The van der Waals surface area contributed by atoms with E-state index in [0.29, 0.717) is 13.0 Å². The van der Waals surface area contributed by atoms with Crippen LogP contribution in [0.5, 0.6) is 0 Å². The fraction of sp³-hybridized carbons (Fsp3) is 0.381. The van der Waals surface area contributed by atoms with Gasteiger partial charge in [0.05, 0.1) is 11.9 Å². The maximum Gasteiger partial charge on any atom is 0.243 e. The highest BCUT2D eigenvalue weighted by Crippen LogP contribution is 2.25. The maximum atomic E-state index is 14.2. The second-order valence-electron chi connectivity index (χ2n) is 6.84. The van der Waals surface area contributed by atoms with Gasteiger partial charge in [-0.05, 0) is 37.1 Å². The average Bonchev–Trinajstić information content (AvgIpc) is 2.69. The number of carbonyl (C=O) groups excluding carboxylic acids is 1. The smallest absolute Gasteiger partial charge is 0.243 e. The third-order valence-electron chi connectivity index (χ3n) is 4.59. The Kier molecular flexibility index (Phi) is 8.01. The highest BCUT2D eigenvalue weighted by atomic mass is 32.2. The summed E-state index contributed by atoms with van der Waals surface area (Å²) in [6.45, 7) is 2.82. The molecule has 8 heteroatoms. The van der Waals surface area contributed by atoms with Gasteiger partial charge in [-0.15, -0.1) is 0 Å². The molecule has 0 aliphatic heterocycles. The van der Waals surface area contributed by atoms with Crippen LogP contribution in [-0.4, -0.2) is 46.8 Å². The van der Waals surface area contributed by atoms with Crippen LogP contribution in [0.25, 0.3) is 0 Å². The number of nitrogens with one attached hydrogen (secondary N) is 1. The lowest BCUT2D eigenvalue weighted by atomic mass is 10.2. The van der Waals surface area contributed by atoms with Crippen molar-refractivity contribution in [2.45, 2.75) is 25.8 Å². The Morgan fingerprint density at radius 3 is 2.31 bits per heavy atom. The van der Waals surface area contributed by atoms with E-state index in [1.807, 2.05) is 37.4 Å². The summed E-state index contributed by atoms with van der Waals surface area (Å²) in [5, 5.41) is 2.79. The fourth-order valence-electron chi connectivity index (χ4n) is 3.12. The molecule has 2 aromatic rings. The van der Waals surface area contributed by atoms with E-state index in [1.54, 1.807) is 13.0 Å². The SMILES string of the molecule is CC[C@@H](C(=O)NCCCN(C)c1ccccc1)N(c1ccccc1F)S(C)(=O)=O. The Hall–Kier alpha value is -2.61. The molecule has 0 unspecified atom stereocenters. The van der Waals surface area contributed by atoms with Gasteiger partial charge in [-0.1, -0.05) is 37.3 Å². The topological polar surface area (TPSA) is 69.7 Å². The van der Waals surface area contributed by atoms with Crippen molar-refractivity contribution < 1.29 is 17.6 Å². The Morgan fingerprint density at radius 2 is 1.72 bits per heavy atom. The number of sulfonamides is 1. The molecule has 1 atom stereocenters. The third kappa shape index (κ3) is 6.19. The van der Waals surface area contributed by atoms with Gasteiger partial charge in [0, 0.05) is 25.8 Å². The van der Waals surface area contributed by atoms with Gasteiger partial charge in [-0.25, -0.2) is 12.8 Å². The Balaban J connectivity index is 2.02. The second-order valence-corrected chi connectivity index (χ2v) is 8.70. The summed E-state index contributed by atoms with van der Waals surface area (Å²) >= 11 is 0. The number of amides is 1. The van der Waals surface area contributed by atoms with Gasteiger partial charge < -0.3 is 10.2 Å². The van der Waals surface area contributed by atoms with E-state index in [2.05, 4.69) is 10.2 Å². The first-order valence-corrected chi connectivity index (χ1v) is 11.4. The second kappa shape index (κ2) is 10.2. The molecule has 6 nitrogen and oxygen atoms in total. The van der Waals surface area contributed by atoms with Crippen molar-refractivity contribution in [3.63, 3.8) is 0 Å². The molecule has 0 aliphatic carbocycles. The highest BCUT2D eigenvalue weighted by molar-refractivity contribution is 7.92. The van der Waals surface area contributed by atoms with Gasteiger partial charge in [0.25, 0.3) is 0 Å². The van der Waals surface area contributed by atoms with Gasteiger partial charge >= 0.3 is 0 Å². The molecule has 2 rings (SSSR count). The van der Waals surface area contributed by atoms with Crippen molar-refractivity contribution in [3.8, 4) is 0 Å².